The summed E-state index contributed by atoms with van der Waals surface area (Å²) in [6, 6.07) is 3.53. The molecule has 4 nitrogen and oxygen atoms in total. The molecule has 0 fully saturated rings. The molecule has 1 heterocycles. The van der Waals surface area contributed by atoms with E-state index in [1.165, 1.54) is 0 Å². The number of nitrogens with zero attached hydrogens (tertiary/aromatic N) is 2. The molecule has 17 heavy (non-hydrogen) atoms. The van der Waals surface area contributed by atoms with Gasteiger partial charge in [-0.3, -0.25) is 14.7 Å². The maximum Gasteiger partial charge on any atom is 0.320 e. The van der Waals surface area contributed by atoms with Crippen LogP contribution in [0.3, 0.4) is 0 Å². The molecule has 5 heteroatoms. The van der Waals surface area contributed by atoms with E-state index in [2.05, 4.69) is 4.98 Å². The SMILES string of the molecule is CCOC(=O)CN(CC)Cc1cc(Cl)ccn1. The Morgan fingerprint density at radius 2 is 2.29 bits per heavy atom. The first-order chi connectivity index (χ1) is 8.15. The van der Waals surface area contributed by atoms with Gasteiger partial charge in [-0.2, -0.15) is 0 Å². The van der Waals surface area contributed by atoms with Crippen LogP contribution in [0.1, 0.15) is 19.5 Å². The summed E-state index contributed by atoms with van der Waals surface area (Å²) in [4.78, 5) is 17.5. The highest BCUT2D eigenvalue weighted by Crippen LogP contribution is 2.09. The van der Waals surface area contributed by atoms with Crippen LogP contribution in [-0.4, -0.2) is 35.5 Å². The third-order valence-corrected chi connectivity index (χ3v) is 2.50. The van der Waals surface area contributed by atoms with Gasteiger partial charge in [0.15, 0.2) is 0 Å². The van der Waals surface area contributed by atoms with Crippen molar-refractivity contribution in [3.05, 3.63) is 29.0 Å². The van der Waals surface area contributed by atoms with E-state index in [0.717, 1.165) is 12.2 Å². The van der Waals surface area contributed by atoms with Gasteiger partial charge in [0, 0.05) is 17.8 Å². The van der Waals surface area contributed by atoms with E-state index in [1.807, 2.05) is 11.8 Å². The largest absolute Gasteiger partial charge is 0.465 e. The molecule has 0 radical (unpaired) electrons. The Hall–Kier alpha value is -1.13. The van der Waals surface area contributed by atoms with Crippen LogP contribution in [-0.2, 0) is 16.1 Å². The van der Waals surface area contributed by atoms with Gasteiger partial charge >= 0.3 is 5.97 Å². The molecule has 94 valence electrons. The number of aromatic nitrogens is 1. The van der Waals surface area contributed by atoms with Gasteiger partial charge in [0.25, 0.3) is 0 Å². The molecule has 0 spiro atoms. The van der Waals surface area contributed by atoms with Gasteiger partial charge in [-0.05, 0) is 25.6 Å². The molecule has 1 aromatic rings. The number of likely N-dealkylation sites (N-methyl/N-ethyl adjacent to an activating group) is 1. The Kier molecular flexibility index (Phi) is 5.94. The fourth-order valence-electron chi connectivity index (χ4n) is 1.43. The number of carbonyl (C=O) groups excluding carboxylic acids is 1. The highest BCUT2D eigenvalue weighted by atomic mass is 35.5. The molecule has 0 aliphatic heterocycles. The maximum atomic E-state index is 11.4. The van der Waals surface area contributed by atoms with Crippen LogP contribution in [0.15, 0.2) is 18.3 Å². The third kappa shape index (κ3) is 5.15. The molecule has 0 aliphatic carbocycles. The van der Waals surface area contributed by atoms with E-state index in [-0.39, 0.29) is 12.5 Å². The van der Waals surface area contributed by atoms with Crippen molar-refractivity contribution in [3.63, 3.8) is 0 Å². The number of rotatable bonds is 6. The van der Waals surface area contributed by atoms with Crippen molar-refractivity contribution in [3.8, 4) is 0 Å². The fourth-order valence-corrected chi connectivity index (χ4v) is 1.62. The molecule has 1 aromatic heterocycles. The van der Waals surface area contributed by atoms with E-state index in [0.29, 0.717) is 18.2 Å². The first-order valence-corrected chi connectivity index (χ1v) is 6.02. The Morgan fingerprint density at radius 1 is 1.53 bits per heavy atom. The molecular weight excluding hydrogens is 240 g/mol. The summed E-state index contributed by atoms with van der Waals surface area (Å²) in [5.74, 6) is -0.212. The lowest BCUT2D eigenvalue weighted by atomic mass is 10.3. The maximum absolute atomic E-state index is 11.4. The van der Waals surface area contributed by atoms with Gasteiger partial charge in [-0.15, -0.1) is 0 Å². The standard InChI is InChI=1S/C12H17ClN2O2/c1-3-15(9-12(16)17-4-2)8-11-7-10(13)5-6-14-11/h5-7H,3-4,8-9H2,1-2H3. The summed E-state index contributed by atoms with van der Waals surface area (Å²) in [5, 5.41) is 0.655. The Morgan fingerprint density at radius 3 is 2.88 bits per heavy atom. The van der Waals surface area contributed by atoms with E-state index < -0.39 is 0 Å². The van der Waals surface area contributed by atoms with E-state index >= 15 is 0 Å². The van der Waals surface area contributed by atoms with Crippen molar-refractivity contribution in [2.75, 3.05) is 19.7 Å². The van der Waals surface area contributed by atoms with Gasteiger partial charge in [0.1, 0.15) is 0 Å². The molecule has 0 bridgehead atoms. The van der Waals surface area contributed by atoms with Crippen LogP contribution in [0, 0.1) is 0 Å². The Bertz CT molecular complexity index is 371. The van der Waals surface area contributed by atoms with E-state index in [9.17, 15) is 4.79 Å². The minimum absolute atomic E-state index is 0.212. The Balaban J connectivity index is 2.54. The summed E-state index contributed by atoms with van der Waals surface area (Å²) in [6.45, 7) is 5.82. The highest BCUT2D eigenvalue weighted by molar-refractivity contribution is 6.30. The lowest BCUT2D eigenvalue weighted by Crippen LogP contribution is -2.30. The first kappa shape index (κ1) is 13.9. The average Bonchev–Trinajstić information content (AvgIpc) is 2.28. The number of pyridine rings is 1. The average molecular weight is 257 g/mol. The quantitative estimate of drug-likeness (QED) is 0.732. The second-order valence-electron chi connectivity index (χ2n) is 3.57. The lowest BCUT2D eigenvalue weighted by Gasteiger charge is -2.18. The predicted octanol–water partition coefficient (Wildman–Crippen LogP) is 2.12. The lowest BCUT2D eigenvalue weighted by molar-refractivity contribution is -0.144. The van der Waals surface area contributed by atoms with Gasteiger partial charge in [0.05, 0.1) is 18.8 Å². The molecular formula is C12H17ClN2O2. The molecule has 0 saturated heterocycles. The Labute approximate surface area is 107 Å². The van der Waals surface area contributed by atoms with Crippen LogP contribution in [0.5, 0.6) is 0 Å². The summed E-state index contributed by atoms with van der Waals surface area (Å²) < 4.78 is 4.91. The summed E-state index contributed by atoms with van der Waals surface area (Å²) in [5.41, 5.74) is 0.851. The summed E-state index contributed by atoms with van der Waals surface area (Å²) in [7, 11) is 0. The van der Waals surface area contributed by atoms with Crippen LogP contribution in [0.2, 0.25) is 5.02 Å². The normalized spacial score (nSPS) is 10.6. The second-order valence-corrected chi connectivity index (χ2v) is 4.01. The monoisotopic (exact) mass is 256 g/mol. The van der Waals surface area contributed by atoms with Crippen LogP contribution in [0.25, 0.3) is 0 Å². The molecule has 0 saturated carbocycles. The molecule has 0 atom stereocenters. The molecule has 0 aromatic carbocycles. The number of halogens is 1. The van der Waals surface area contributed by atoms with Crippen LogP contribution >= 0.6 is 11.6 Å². The molecule has 0 aliphatic rings. The third-order valence-electron chi connectivity index (χ3n) is 2.27. The minimum Gasteiger partial charge on any atom is -0.465 e. The number of hydrogen-bond acceptors (Lipinski definition) is 4. The topological polar surface area (TPSA) is 42.4 Å². The summed E-state index contributed by atoms with van der Waals surface area (Å²) >= 11 is 5.88. The van der Waals surface area contributed by atoms with Gasteiger partial charge in [-0.25, -0.2) is 0 Å². The van der Waals surface area contributed by atoms with Gasteiger partial charge < -0.3 is 4.74 Å². The van der Waals surface area contributed by atoms with Crippen molar-refractivity contribution in [1.82, 2.24) is 9.88 Å². The number of hydrogen-bond donors (Lipinski definition) is 0. The van der Waals surface area contributed by atoms with Crippen LogP contribution in [0.4, 0.5) is 0 Å². The van der Waals surface area contributed by atoms with Gasteiger partial charge in [0.2, 0.25) is 0 Å². The number of ether oxygens (including phenoxy) is 1. The first-order valence-electron chi connectivity index (χ1n) is 5.64. The zero-order valence-corrected chi connectivity index (χ0v) is 10.9. The van der Waals surface area contributed by atoms with Crippen molar-refractivity contribution >= 4 is 17.6 Å². The fraction of sp³-hybridized carbons (Fsp3) is 0.500. The van der Waals surface area contributed by atoms with Crippen molar-refractivity contribution in [2.45, 2.75) is 20.4 Å². The molecule has 0 unspecified atom stereocenters. The number of esters is 1. The van der Waals surface area contributed by atoms with Crippen LogP contribution < -0.4 is 0 Å². The van der Waals surface area contributed by atoms with Crippen molar-refractivity contribution in [2.24, 2.45) is 0 Å². The zero-order valence-electron chi connectivity index (χ0n) is 10.1. The highest BCUT2D eigenvalue weighted by Gasteiger charge is 2.10. The molecule has 0 N–H and O–H groups in total. The van der Waals surface area contributed by atoms with E-state index in [1.54, 1.807) is 25.3 Å². The molecule has 0 amide bonds. The van der Waals surface area contributed by atoms with Crippen molar-refractivity contribution in [1.29, 1.82) is 0 Å². The smallest absolute Gasteiger partial charge is 0.320 e. The number of carbonyl (C=O) groups is 1. The van der Waals surface area contributed by atoms with Crippen molar-refractivity contribution < 1.29 is 9.53 Å². The second kappa shape index (κ2) is 7.25. The summed E-state index contributed by atoms with van der Waals surface area (Å²) in [6.07, 6.45) is 1.66. The minimum atomic E-state index is -0.212. The predicted molar refractivity (Wildman–Crippen MR) is 66.8 cm³/mol. The van der Waals surface area contributed by atoms with E-state index in [4.69, 9.17) is 16.3 Å². The zero-order chi connectivity index (χ0) is 12.7. The van der Waals surface area contributed by atoms with Gasteiger partial charge in [-0.1, -0.05) is 18.5 Å². The molecule has 1 rings (SSSR count).